The number of para-hydroxylation sites is 1. The van der Waals surface area contributed by atoms with E-state index >= 15 is 0 Å². The Morgan fingerprint density at radius 2 is 1.95 bits per heavy atom. The van der Waals surface area contributed by atoms with Crippen molar-refractivity contribution in [2.75, 3.05) is 25.1 Å². The summed E-state index contributed by atoms with van der Waals surface area (Å²) in [5.41, 5.74) is 1.28. The number of amides is 1. The molecule has 0 atom stereocenters. The third-order valence-corrected chi connectivity index (χ3v) is 3.61. The molecule has 0 saturated heterocycles. The van der Waals surface area contributed by atoms with Crippen LogP contribution in [0.4, 0.5) is 5.69 Å². The molecule has 0 heterocycles. The van der Waals surface area contributed by atoms with E-state index in [1.54, 1.807) is 18.2 Å². The highest BCUT2D eigenvalue weighted by molar-refractivity contribution is 9.10. The molecule has 0 aliphatic heterocycles. The lowest BCUT2D eigenvalue weighted by atomic mass is 10.2. The number of anilines is 1. The fraction of sp³-hybridized carbons (Fsp3) is 0.235. The maximum atomic E-state index is 12.3. The first kappa shape index (κ1) is 16.5. The lowest BCUT2D eigenvalue weighted by Gasteiger charge is -2.09. The van der Waals surface area contributed by atoms with E-state index in [0.29, 0.717) is 31.1 Å². The number of hydrogen-bond acceptors (Lipinski definition) is 3. The predicted octanol–water partition coefficient (Wildman–Crippen LogP) is 4.12. The summed E-state index contributed by atoms with van der Waals surface area (Å²) in [6.45, 7) is 3.59. The second-order valence-corrected chi connectivity index (χ2v) is 5.36. The number of ether oxygens (including phenoxy) is 2. The fourth-order valence-electron chi connectivity index (χ4n) is 1.85. The number of benzene rings is 2. The minimum absolute atomic E-state index is 0.179. The minimum Gasteiger partial charge on any atom is -0.491 e. The normalized spacial score (nSPS) is 10.3. The highest BCUT2D eigenvalue weighted by Crippen LogP contribution is 2.22. The Balaban J connectivity index is 1.99. The number of carbonyl (C=O) groups is 1. The van der Waals surface area contributed by atoms with Gasteiger partial charge in [0, 0.05) is 16.6 Å². The van der Waals surface area contributed by atoms with Crippen molar-refractivity contribution in [2.45, 2.75) is 6.92 Å². The third kappa shape index (κ3) is 4.86. The highest BCUT2D eigenvalue weighted by Gasteiger charge is 2.09. The fourth-order valence-corrected chi connectivity index (χ4v) is 2.23. The van der Waals surface area contributed by atoms with Gasteiger partial charge in [0.05, 0.1) is 12.3 Å². The van der Waals surface area contributed by atoms with Gasteiger partial charge >= 0.3 is 0 Å². The van der Waals surface area contributed by atoms with Crippen molar-refractivity contribution in [1.29, 1.82) is 0 Å². The Morgan fingerprint density at radius 1 is 1.14 bits per heavy atom. The molecule has 5 heteroatoms. The van der Waals surface area contributed by atoms with Gasteiger partial charge < -0.3 is 14.8 Å². The van der Waals surface area contributed by atoms with Crippen LogP contribution in [0.3, 0.4) is 0 Å². The van der Waals surface area contributed by atoms with E-state index in [4.69, 9.17) is 9.47 Å². The summed E-state index contributed by atoms with van der Waals surface area (Å²) < 4.78 is 11.6. The van der Waals surface area contributed by atoms with Gasteiger partial charge in [-0.25, -0.2) is 0 Å². The lowest BCUT2D eigenvalue weighted by Crippen LogP contribution is -2.12. The Hall–Kier alpha value is -1.85. The molecule has 0 aliphatic rings. The van der Waals surface area contributed by atoms with Gasteiger partial charge in [-0.15, -0.1) is 0 Å². The Bertz CT molecular complexity index is 631. The largest absolute Gasteiger partial charge is 0.491 e. The van der Waals surface area contributed by atoms with Gasteiger partial charge in [-0.2, -0.15) is 0 Å². The summed E-state index contributed by atoms with van der Waals surface area (Å²) in [6, 6.07) is 14.6. The van der Waals surface area contributed by atoms with Crippen molar-refractivity contribution in [1.82, 2.24) is 0 Å². The summed E-state index contributed by atoms with van der Waals surface area (Å²) in [5.74, 6) is 0.474. The van der Waals surface area contributed by atoms with Gasteiger partial charge in [-0.1, -0.05) is 18.2 Å². The summed E-state index contributed by atoms with van der Waals surface area (Å²) >= 11 is 3.41. The van der Waals surface area contributed by atoms with E-state index in [2.05, 4.69) is 21.2 Å². The molecule has 2 rings (SSSR count). The minimum atomic E-state index is -0.179. The van der Waals surface area contributed by atoms with Crippen LogP contribution < -0.4 is 10.1 Å². The molecule has 2 aromatic rings. The van der Waals surface area contributed by atoms with Gasteiger partial charge in [-0.3, -0.25) is 4.79 Å². The first-order valence-corrected chi connectivity index (χ1v) is 7.86. The number of carbonyl (C=O) groups excluding carboxylic acids is 1. The van der Waals surface area contributed by atoms with E-state index in [1.165, 1.54) is 0 Å². The van der Waals surface area contributed by atoms with Gasteiger partial charge in [0.2, 0.25) is 0 Å². The zero-order valence-corrected chi connectivity index (χ0v) is 13.9. The highest BCUT2D eigenvalue weighted by atomic mass is 79.9. The van der Waals surface area contributed by atoms with Crippen LogP contribution in [0.25, 0.3) is 0 Å². The van der Waals surface area contributed by atoms with Crippen molar-refractivity contribution in [3.63, 3.8) is 0 Å². The average molecular weight is 364 g/mol. The Morgan fingerprint density at radius 3 is 2.73 bits per heavy atom. The number of nitrogens with one attached hydrogen (secondary N) is 1. The van der Waals surface area contributed by atoms with Crippen LogP contribution in [0.15, 0.2) is 53.0 Å². The van der Waals surface area contributed by atoms with Crippen LogP contribution in [0.2, 0.25) is 0 Å². The molecule has 0 fully saturated rings. The second kappa shape index (κ2) is 8.56. The van der Waals surface area contributed by atoms with Crippen LogP contribution in [0, 0.1) is 0 Å². The molecular formula is C17H18BrNO3. The van der Waals surface area contributed by atoms with E-state index in [0.717, 1.165) is 10.2 Å². The van der Waals surface area contributed by atoms with Crippen molar-refractivity contribution in [3.8, 4) is 5.75 Å². The van der Waals surface area contributed by atoms with Crippen molar-refractivity contribution < 1.29 is 14.3 Å². The smallest absolute Gasteiger partial charge is 0.255 e. The van der Waals surface area contributed by atoms with Crippen LogP contribution in [-0.2, 0) is 4.74 Å². The molecule has 2 aromatic carbocycles. The number of rotatable bonds is 7. The van der Waals surface area contributed by atoms with E-state index in [9.17, 15) is 4.79 Å². The average Bonchev–Trinajstić information content (AvgIpc) is 2.54. The van der Waals surface area contributed by atoms with E-state index < -0.39 is 0 Å². The summed E-state index contributed by atoms with van der Waals surface area (Å²) in [7, 11) is 0. The van der Waals surface area contributed by atoms with Crippen molar-refractivity contribution >= 4 is 27.5 Å². The molecule has 0 aromatic heterocycles. The first-order chi connectivity index (χ1) is 10.7. The van der Waals surface area contributed by atoms with Crippen LogP contribution in [-0.4, -0.2) is 25.7 Å². The molecular weight excluding hydrogens is 346 g/mol. The van der Waals surface area contributed by atoms with Gasteiger partial charge in [0.15, 0.2) is 0 Å². The van der Waals surface area contributed by atoms with E-state index in [1.807, 2.05) is 37.3 Å². The van der Waals surface area contributed by atoms with Gasteiger partial charge in [0.1, 0.15) is 12.4 Å². The second-order valence-electron chi connectivity index (χ2n) is 4.51. The molecule has 1 amide bonds. The molecule has 116 valence electrons. The maximum Gasteiger partial charge on any atom is 0.255 e. The van der Waals surface area contributed by atoms with Gasteiger partial charge in [0.25, 0.3) is 5.91 Å². The molecule has 1 N–H and O–H groups in total. The van der Waals surface area contributed by atoms with E-state index in [-0.39, 0.29) is 5.91 Å². The monoisotopic (exact) mass is 363 g/mol. The van der Waals surface area contributed by atoms with Crippen LogP contribution in [0.5, 0.6) is 5.75 Å². The molecule has 0 spiro atoms. The van der Waals surface area contributed by atoms with Crippen LogP contribution >= 0.6 is 15.9 Å². The zero-order valence-electron chi connectivity index (χ0n) is 12.3. The summed E-state index contributed by atoms with van der Waals surface area (Å²) in [4.78, 5) is 12.3. The topological polar surface area (TPSA) is 47.6 Å². The first-order valence-electron chi connectivity index (χ1n) is 7.07. The summed E-state index contributed by atoms with van der Waals surface area (Å²) in [5, 5.41) is 2.86. The number of hydrogen-bond donors (Lipinski definition) is 1. The molecule has 0 aliphatic carbocycles. The number of halogens is 1. The quantitative estimate of drug-likeness (QED) is 0.752. The standard InChI is InChI=1S/C17H18BrNO3/c1-2-21-10-11-22-14-7-5-6-13(12-14)17(20)19-16-9-4-3-8-15(16)18/h3-9,12H,2,10-11H2,1H3,(H,19,20). The molecule has 22 heavy (non-hydrogen) atoms. The molecule has 0 radical (unpaired) electrons. The molecule has 0 saturated carbocycles. The van der Waals surface area contributed by atoms with Crippen molar-refractivity contribution in [2.24, 2.45) is 0 Å². The Kier molecular flexibility index (Phi) is 6.43. The lowest BCUT2D eigenvalue weighted by molar-refractivity contribution is 0.102. The summed E-state index contributed by atoms with van der Waals surface area (Å²) in [6.07, 6.45) is 0. The molecule has 0 bridgehead atoms. The van der Waals surface area contributed by atoms with Crippen LogP contribution in [0.1, 0.15) is 17.3 Å². The maximum absolute atomic E-state index is 12.3. The predicted molar refractivity (Wildman–Crippen MR) is 90.5 cm³/mol. The zero-order chi connectivity index (χ0) is 15.8. The third-order valence-electron chi connectivity index (χ3n) is 2.92. The Labute approximate surface area is 138 Å². The van der Waals surface area contributed by atoms with Gasteiger partial charge in [-0.05, 0) is 53.2 Å². The molecule has 4 nitrogen and oxygen atoms in total. The van der Waals surface area contributed by atoms with Crippen molar-refractivity contribution in [3.05, 3.63) is 58.6 Å². The molecule has 0 unspecified atom stereocenters. The SMILES string of the molecule is CCOCCOc1cccc(C(=O)Nc2ccccc2Br)c1.